The first-order valence-corrected chi connectivity index (χ1v) is 8.95. The Bertz CT molecular complexity index is 846. The molecule has 0 aromatic heterocycles. The van der Waals surface area contributed by atoms with Gasteiger partial charge < -0.3 is 10.2 Å². The van der Waals surface area contributed by atoms with Crippen molar-refractivity contribution in [2.24, 2.45) is 0 Å². The highest BCUT2D eigenvalue weighted by Crippen LogP contribution is 2.26. The van der Waals surface area contributed by atoms with Gasteiger partial charge >= 0.3 is 0 Å². The Morgan fingerprint density at radius 1 is 1.15 bits per heavy atom. The third-order valence-corrected chi connectivity index (χ3v) is 4.75. The standard InChI is InChI=1S/C19H18Cl2F2N2O2/c1-25(11-12-4-2-5-15(20)18(12)21)17(26)6-3-9-24-19(27)14-8-7-13(22)10-16(14)23/h2,4-5,7-8,10H,3,6,9,11H2,1H3,(H,24,27). The van der Waals surface area contributed by atoms with E-state index in [0.29, 0.717) is 29.1 Å². The summed E-state index contributed by atoms with van der Waals surface area (Å²) in [6, 6.07) is 7.95. The van der Waals surface area contributed by atoms with Crippen molar-refractivity contribution in [3.05, 3.63) is 69.2 Å². The maximum Gasteiger partial charge on any atom is 0.254 e. The Labute approximate surface area is 166 Å². The van der Waals surface area contributed by atoms with Crippen LogP contribution in [-0.4, -0.2) is 30.3 Å². The quantitative estimate of drug-likeness (QED) is 0.680. The van der Waals surface area contributed by atoms with Crippen molar-refractivity contribution >= 4 is 35.0 Å². The van der Waals surface area contributed by atoms with Crippen LogP contribution in [0.5, 0.6) is 0 Å². The molecule has 0 saturated carbocycles. The minimum atomic E-state index is -0.929. The molecule has 0 atom stereocenters. The molecular formula is C19H18Cl2F2N2O2. The van der Waals surface area contributed by atoms with Gasteiger partial charge in [-0.15, -0.1) is 0 Å². The Hall–Kier alpha value is -2.18. The lowest BCUT2D eigenvalue weighted by atomic mass is 10.2. The van der Waals surface area contributed by atoms with Gasteiger partial charge in [0.05, 0.1) is 15.6 Å². The Morgan fingerprint density at radius 2 is 1.89 bits per heavy atom. The second-order valence-corrected chi connectivity index (χ2v) is 6.73. The van der Waals surface area contributed by atoms with Gasteiger partial charge in [0.25, 0.3) is 5.91 Å². The molecule has 8 heteroatoms. The molecule has 0 bridgehead atoms. The Kier molecular flexibility index (Phi) is 7.56. The highest BCUT2D eigenvalue weighted by molar-refractivity contribution is 6.42. The molecule has 0 fully saturated rings. The summed E-state index contributed by atoms with van der Waals surface area (Å²) in [6.07, 6.45) is 0.571. The van der Waals surface area contributed by atoms with E-state index >= 15 is 0 Å². The van der Waals surface area contributed by atoms with E-state index in [4.69, 9.17) is 23.2 Å². The smallest absolute Gasteiger partial charge is 0.254 e. The third kappa shape index (κ3) is 5.91. The van der Waals surface area contributed by atoms with E-state index in [2.05, 4.69) is 5.32 Å². The van der Waals surface area contributed by atoms with Crippen molar-refractivity contribution in [3.8, 4) is 0 Å². The van der Waals surface area contributed by atoms with Crippen LogP contribution in [0.1, 0.15) is 28.8 Å². The molecule has 144 valence electrons. The van der Waals surface area contributed by atoms with Crippen molar-refractivity contribution in [1.82, 2.24) is 10.2 Å². The molecule has 0 radical (unpaired) electrons. The van der Waals surface area contributed by atoms with Gasteiger partial charge in [-0.1, -0.05) is 35.3 Å². The van der Waals surface area contributed by atoms with Crippen LogP contribution in [0.2, 0.25) is 10.0 Å². The van der Waals surface area contributed by atoms with E-state index in [0.717, 1.165) is 17.7 Å². The second-order valence-electron chi connectivity index (χ2n) is 5.95. The van der Waals surface area contributed by atoms with Gasteiger partial charge in [0.2, 0.25) is 5.91 Å². The molecule has 27 heavy (non-hydrogen) atoms. The number of carbonyl (C=O) groups is 2. The predicted octanol–water partition coefficient (Wildman–Crippen LogP) is 4.44. The molecule has 0 heterocycles. The first-order valence-electron chi connectivity index (χ1n) is 8.19. The Morgan fingerprint density at radius 3 is 2.59 bits per heavy atom. The number of nitrogens with one attached hydrogen (secondary N) is 1. The fourth-order valence-corrected chi connectivity index (χ4v) is 2.80. The molecule has 4 nitrogen and oxygen atoms in total. The molecule has 2 aromatic rings. The summed E-state index contributed by atoms with van der Waals surface area (Å²) >= 11 is 12.1. The first-order chi connectivity index (χ1) is 12.8. The van der Waals surface area contributed by atoms with Crippen LogP contribution >= 0.6 is 23.2 Å². The van der Waals surface area contributed by atoms with Crippen molar-refractivity contribution in [1.29, 1.82) is 0 Å². The minimum Gasteiger partial charge on any atom is -0.352 e. The van der Waals surface area contributed by atoms with Crippen molar-refractivity contribution in [2.45, 2.75) is 19.4 Å². The fraction of sp³-hybridized carbons (Fsp3) is 0.263. The van der Waals surface area contributed by atoms with Crippen molar-refractivity contribution in [3.63, 3.8) is 0 Å². The maximum atomic E-state index is 13.5. The van der Waals surface area contributed by atoms with Crippen LogP contribution in [0.25, 0.3) is 0 Å². The maximum absolute atomic E-state index is 13.5. The normalized spacial score (nSPS) is 10.6. The molecular weight excluding hydrogens is 397 g/mol. The molecule has 2 amide bonds. The molecule has 0 saturated heterocycles. The number of halogens is 4. The molecule has 0 aliphatic rings. The summed E-state index contributed by atoms with van der Waals surface area (Å²) in [5.41, 5.74) is 0.496. The highest BCUT2D eigenvalue weighted by atomic mass is 35.5. The molecule has 2 rings (SSSR count). The monoisotopic (exact) mass is 414 g/mol. The molecule has 0 spiro atoms. The largest absolute Gasteiger partial charge is 0.352 e. The van der Waals surface area contributed by atoms with Crippen LogP contribution in [-0.2, 0) is 11.3 Å². The zero-order valence-electron chi connectivity index (χ0n) is 14.6. The summed E-state index contributed by atoms with van der Waals surface area (Å²) in [5.74, 6) is -2.47. The van der Waals surface area contributed by atoms with Crippen LogP contribution in [0, 0.1) is 11.6 Å². The first kappa shape index (κ1) is 21.1. The van der Waals surface area contributed by atoms with E-state index in [1.807, 2.05) is 0 Å². The number of benzene rings is 2. The van der Waals surface area contributed by atoms with E-state index in [1.165, 1.54) is 4.90 Å². The van der Waals surface area contributed by atoms with Gasteiger partial charge in [-0.05, 0) is 30.2 Å². The molecule has 1 N–H and O–H groups in total. The van der Waals surface area contributed by atoms with Gasteiger partial charge in [-0.25, -0.2) is 8.78 Å². The topological polar surface area (TPSA) is 49.4 Å². The zero-order valence-corrected chi connectivity index (χ0v) is 16.1. The minimum absolute atomic E-state index is 0.131. The van der Waals surface area contributed by atoms with Crippen LogP contribution in [0.3, 0.4) is 0 Å². The number of hydrogen-bond acceptors (Lipinski definition) is 2. The van der Waals surface area contributed by atoms with Crippen molar-refractivity contribution in [2.75, 3.05) is 13.6 Å². The molecule has 0 unspecified atom stereocenters. The van der Waals surface area contributed by atoms with Crippen LogP contribution in [0.4, 0.5) is 8.78 Å². The van der Waals surface area contributed by atoms with E-state index in [9.17, 15) is 18.4 Å². The summed E-state index contributed by atoms with van der Waals surface area (Å²) in [4.78, 5) is 25.6. The highest BCUT2D eigenvalue weighted by Gasteiger charge is 2.14. The summed E-state index contributed by atoms with van der Waals surface area (Å²) < 4.78 is 26.4. The van der Waals surface area contributed by atoms with E-state index < -0.39 is 17.5 Å². The molecule has 2 aromatic carbocycles. The summed E-state index contributed by atoms with van der Waals surface area (Å²) in [7, 11) is 1.64. The van der Waals surface area contributed by atoms with Crippen molar-refractivity contribution < 1.29 is 18.4 Å². The number of hydrogen-bond donors (Lipinski definition) is 1. The molecule has 0 aliphatic heterocycles. The van der Waals surface area contributed by atoms with Gasteiger partial charge in [0.15, 0.2) is 0 Å². The third-order valence-electron chi connectivity index (χ3n) is 3.89. The lowest BCUT2D eigenvalue weighted by Crippen LogP contribution is -2.29. The molecule has 0 aliphatic carbocycles. The van der Waals surface area contributed by atoms with Gasteiger partial charge in [0, 0.05) is 32.6 Å². The average molecular weight is 415 g/mol. The van der Waals surface area contributed by atoms with E-state index in [1.54, 1.807) is 25.2 Å². The lowest BCUT2D eigenvalue weighted by molar-refractivity contribution is -0.130. The Balaban J connectivity index is 1.78. The van der Waals surface area contributed by atoms with Gasteiger partial charge in [-0.3, -0.25) is 9.59 Å². The number of rotatable bonds is 7. The SMILES string of the molecule is CN(Cc1cccc(Cl)c1Cl)C(=O)CCCNC(=O)c1ccc(F)cc1F. The summed E-state index contributed by atoms with van der Waals surface area (Å²) in [6.45, 7) is 0.499. The van der Waals surface area contributed by atoms with Crippen LogP contribution in [0.15, 0.2) is 36.4 Å². The van der Waals surface area contributed by atoms with Gasteiger partial charge in [-0.2, -0.15) is 0 Å². The zero-order chi connectivity index (χ0) is 20.0. The number of carbonyl (C=O) groups excluding carboxylic acids is 2. The fourth-order valence-electron chi connectivity index (χ4n) is 2.42. The summed E-state index contributed by atoms with van der Waals surface area (Å²) in [5, 5.41) is 3.34. The van der Waals surface area contributed by atoms with Crippen LogP contribution < -0.4 is 5.32 Å². The average Bonchev–Trinajstić information content (AvgIpc) is 2.62. The van der Waals surface area contributed by atoms with E-state index in [-0.39, 0.29) is 24.4 Å². The number of amides is 2. The second kappa shape index (κ2) is 9.67. The number of nitrogens with zero attached hydrogens (tertiary/aromatic N) is 1. The lowest BCUT2D eigenvalue weighted by Gasteiger charge is -2.18. The predicted molar refractivity (Wildman–Crippen MR) is 101 cm³/mol. The van der Waals surface area contributed by atoms with Gasteiger partial charge in [0.1, 0.15) is 11.6 Å².